The molecule has 2 rings (SSSR count). The number of ether oxygens (including phenoxy) is 2. The minimum Gasteiger partial charge on any atom is -0.444 e. The fourth-order valence-corrected chi connectivity index (χ4v) is 2.44. The first-order chi connectivity index (χ1) is 10.8. The molecule has 1 aliphatic heterocycles. The molecule has 0 saturated carbocycles. The van der Waals surface area contributed by atoms with Gasteiger partial charge in [0.25, 0.3) is 5.91 Å². The molecule has 0 spiro atoms. The van der Waals surface area contributed by atoms with Crippen molar-refractivity contribution in [3.05, 3.63) is 18.2 Å². The molecule has 0 unspecified atom stereocenters. The number of aromatic nitrogens is 2. The predicted molar refractivity (Wildman–Crippen MR) is 83.1 cm³/mol. The number of nitrogens with one attached hydrogen (secondary N) is 2. The molecule has 0 radical (unpaired) electrons. The van der Waals surface area contributed by atoms with Crippen LogP contribution in [0.3, 0.4) is 0 Å². The highest BCUT2D eigenvalue weighted by Gasteiger charge is 2.34. The van der Waals surface area contributed by atoms with E-state index in [1.807, 2.05) is 20.8 Å². The van der Waals surface area contributed by atoms with Crippen molar-refractivity contribution in [2.75, 3.05) is 20.2 Å². The smallest absolute Gasteiger partial charge is 0.410 e. The summed E-state index contributed by atoms with van der Waals surface area (Å²) in [5.41, 5.74) is -0.538. The SMILES string of the molecule is CO[C@@H]1CN(C(=O)OC(C)(C)C)CC[C@@H]1NC(=O)c1ncc[nH]1. The molecule has 1 aromatic rings. The Morgan fingerprint density at radius 1 is 1.43 bits per heavy atom. The Balaban J connectivity index is 1.94. The van der Waals surface area contributed by atoms with Gasteiger partial charge in [-0.25, -0.2) is 9.78 Å². The molecule has 1 aliphatic rings. The predicted octanol–water partition coefficient (Wildman–Crippen LogP) is 1.16. The lowest BCUT2D eigenvalue weighted by Crippen LogP contribution is -2.56. The van der Waals surface area contributed by atoms with E-state index in [4.69, 9.17) is 9.47 Å². The number of nitrogens with zero attached hydrogens (tertiary/aromatic N) is 2. The molecule has 8 nitrogen and oxygen atoms in total. The number of carbonyl (C=O) groups excluding carboxylic acids is 2. The molecule has 23 heavy (non-hydrogen) atoms. The normalized spacial score (nSPS) is 21.8. The van der Waals surface area contributed by atoms with Crippen LogP contribution in [-0.2, 0) is 9.47 Å². The number of likely N-dealkylation sites (tertiary alicyclic amines) is 1. The van der Waals surface area contributed by atoms with Crippen LogP contribution in [0.5, 0.6) is 0 Å². The molecule has 0 aliphatic carbocycles. The van der Waals surface area contributed by atoms with Crippen molar-refractivity contribution in [2.45, 2.75) is 44.9 Å². The van der Waals surface area contributed by atoms with Gasteiger partial charge in [0.15, 0.2) is 5.82 Å². The maximum atomic E-state index is 12.1. The molecule has 128 valence electrons. The molecule has 2 atom stereocenters. The number of rotatable bonds is 3. The number of carbonyl (C=O) groups is 2. The summed E-state index contributed by atoms with van der Waals surface area (Å²) in [4.78, 5) is 32.5. The second-order valence-electron chi connectivity index (χ2n) is 6.51. The number of H-pyrrole nitrogens is 1. The molecule has 2 amide bonds. The van der Waals surface area contributed by atoms with Gasteiger partial charge in [-0.2, -0.15) is 0 Å². The van der Waals surface area contributed by atoms with Crippen LogP contribution in [-0.4, -0.2) is 64.8 Å². The summed E-state index contributed by atoms with van der Waals surface area (Å²) in [5.74, 6) is -0.0257. The van der Waals surface area contributed by atoms with E-state index in [2.05, 4.69) is 15.3 Å². The van der Waals surface area contributed by atoms with Gasteiger partial charge in [0.1, 0.15) is 5.60 Å². The molecule has 2 N–H and O–H groups in total. The summed E-state index contributed by atoms with van der Waals surface area (Å²) in [6, 6.07) is -0.184. The third kappa shape index (κ3) is 4.69. The summed E-state index contributed by atoms with van der Waals surface area (Å²) >= 11 is 0. The van der Waals surface area contributed by atoms with Crippen molar-refractivity contribution >= 4 is 12.0 Å². The average molecular weight is 324 g/mol. The third-order valence-corrected chi connectivity index (χ3v) is 3.54. The summed E-state index contributed by atoms with van der Waals surface area (Å²) in [6.45, 7) is 6.35. The fraction of sp³-hybridized carbons (Fsp3) is 0.667. The van der Waals surface area contributed by atoms with E-state index < -0.39 is 5.60 Å². The van der Waals surface area contributed by atoms with Crippen molar-refractivity contribution in [1.82, 2.24) is 20.2 Å². The van der Waals surface area contributed by atoms with Gasteiger partial charge in [-0.3, -0.25) is 4.79 Å². The van der Waals surface area contributed by atoms with E-state index in [1.165, 1.54) is 6.20 Å². The number of piperidine rings is 1. The Hall–Kier alpha value is -2.09. The topological polar surface area (TPSA) is 96.6 Å². The monoisotopic (exact) mass is 324 g/mol. The van der Waals surface area contributed by atoms with E-state index >= 15 is 0 Å². The van der Waals surface area contributed by atoms with Crippen LogP contribution in [0.2, 0.25) is 0 Å². The number of amides is 2. The lowest BCUT2D eigenvalue weighted by Gasteiger charge is -2.38. The standard InChI is InChI=1S/C15H24N4O4/c1-15(2,3)23-14(21)19-8-5-10(11(9-19)22-4)18-13(20)12-16-6-7-17-12/h6-7,10-11H,5,8-9H2,1-4H3,(H,16,17)(H,18,20)/t10-,11+/m0/s1. The van der Waals surface area contributed by atoms with E-state index in [1.54, 1.807) is 18.2 Å². The third-order valence-electron chi connectivity index (χ3n) is 3.54. The Morgan fingerprint density at radius 3 is 2.74 bits per heavy atom. The lowest BCUT2D eigenvalue weighted by molar-refractivity contribution is -0.0172. The molecule has 2 heterocycles. The van der Waals surface area contributed by atoms with Crippen LogP contribution in [0.25, 0.3) is 0 Å². The second-order valence-corrected chi connectivity index (χ2v) is 6.51. The molecular formula is C15H24N4O4. The first-order valence-electron chi connectivity index (χ1n) is 7.61. The van der Waals surface area contributed by atoms with Crippen LogP contribution in [0.4, 0.5) is 4.79 Å². The largest absolute Gasteiger partial charge is 0.444 e. The number of hydrogen-bond donors (Lipinski definition) is 2. The maximum absolute atomic E-state index is 12.1. The van der Waals surface area contributed by atoms with E-state index in [0.29, 0.717) is 19.5 Å². The van der Waals surface area contributed by atoms with Crippen molar-refractivity contribution in [3.63, 3.8) is 0 Å². The van der Waals surface area contributed by atoms with Gasteiger partial charge in [-0.05, 0) is 27.2 Å². The minimum atomic E-state index is -0.538. The summed E-state index contributed by atoms with van der Waals surface area (Å²) < 4.78 is 10.8. The van der Waals surface area contributed by atoms with Gasteiger partial charge in [0.2, 0.25) is 0 Å². The van der Waals surface area contributed by atoms with Gasteiger partial charge in [-0.1, -0.05) is 0 Å². The van der Waals surface area contributed by atoms with Crippen LogP contribution in [0.15, 0.2) is 12.4 Å². The molecule has 1 aromatic heterocycles. The zero-order chi connectivity index (χ0) is 17.0. The molecular weight excluding hydrogens is 300 g/mol. The van der Waals surface area contributed by atoms with E-state index in [0.717, 1.165) is 0 Å². The quantitative estimate of drug-likeness (QED) is 0.870. The number of imidazole rings is 1. The van der Waals surface area contributed by atoms with Gasteiger partial charge in [0, 0.05) is 26.0 Å². The van der Waals surface area contributed by atoms with Crippen LogP contribution < -0.4 is 5.32 Å². The first-order valence-corrected chi connectivity index (χ1v) is 7.61. The molecule has 1 saturated heterocycles. The average Bonchev–Trinajstić information content (AvgIpc) is 3.00. The Morgan fingerprint density at radius 2 is 2.17 bits per heavy atom. The number of aromatic amines is 1. The van der Waals surface area contributed by atoms with Crippen LogP contribution in [0, 0.1) is 0 Å². The lowest BCUT2D eigenvalue weighted by atomic mass is 10.0. The van der Waals surface area contributed by atoms with Gasteiger partial charge < -0.3 is 24.7 Å². The Bertz CT molecular complexity index is 538. The zero-order valence-corrected chi connectivity index (χ0v) is 14.0. The number of methoxy groups -OCH3 is 1. The number of hydrogen-bond acceptors (Lipinski definition) is 5. The van der Waals surface area contributed by atoms with Gasteiger partial charge >= 0.3 is 6.09 Å². The van der Waals surface area contributed by atoms with E-state index in [9.17, 15) is 9.59 Å². The Labute approximate surface area is 135 Å². The van der Waals surface area contributed by atoms with Crippen molar-refractivity contribution in [3.8, 4) is 0 Å². The van der Waals surface area contributed by atoms with Crippen molar-refractivity contribution in [2.24, 2.45) is 0 Å². The molecule has 8 heteroatoms. The summed E-state index contributed by atoms with van der Waals surface area (Å²) in [6.07, 6.45) is 3.04. The highest BCUT2D eigenvalue weighted by molar-refractivity contribution is 5.90. The van der Waals surface area contributed by atoms with Crippen LogP contribution in [0.1, 0.15) is 37.8 Å². The van der Waals surface area contributed by atoms with Gasteiger partial charge in [0.05, 0.1) is 18.7 Å². The maximum Gasteiger partial charge on any atom is 0.410 e. The minimum absolute atomic E-state index is 0.184. The highest BCUT2D eigenvalue weighted by Crippen LogP contribution is 2.17. The second kappa shape index (κ2) is 6.99. The zero-order valence-electron chi connectivity index (χ0n) is 14.0. The fourth-order valence-electron chi connectivity index (χ4n) is 2.44. The van der Waals surface area contributed by atoms with Crippen molar-refractivity contribution < 1.29 is 19.1 Å². The first kappa shape index (κ1) is 17.3. The summed E-state index contributed by atoms with van der Waals surface area (Å²) in [7, 11) is 1.56. The Kier molecular flexibility index (Phi) is 5.25. The molecule has 0 bridgehead atoms. The highest BCUT2D eigenvalue weighted by atomic mass is 16.6. The summed E-state index contributed by atoms with van der Waals surface area (Å²) in [5, 5.41) is 2.89. The molecule has 0 aromatic carbocycles. The van der Waals surface area contributed by atoms with Crippen molar-refractivity contribution in [1.29, 1.82) is 0 Å². The van der Waals surface area contributed by atoms with E-state index in [-0.39, 0.29) is 30.0 Å². The van der Waals surface area contributed by atoms with Crippen LogP contribution >= 0.6 is 0 Å². The van der Waals surface area contributed by atoms with Gasteiger partial charge in [-0.15, -0.1) is 0 Å². The molecule has 1 fully saturated rings.